The highest BCUT2D eigenvalue weighted by Gasteiger charge is 2.26. The maximum absolute atomic E-state index is 16.5. The standard InChI is InChI=1S/C81H49F2N7/c82-61-43-60(44-62(83)49-61)81-79(89-75-45-56(71-29-13-25-67(85-71)52-17-5-1-6-18-52)33-37-63(75)64-38-34-57(46-76(64)89)72-30-14-26-68(86-72)53-19-7-2-8-20-53)41-51(50-84)42-80(81)90-77-47-58(73-31-15-27-69(87-73)54-21-9-3-10-22-54)35-39-65(77)66-40-36-59(48-78(66)90)74-32-16-28-70(88-74)55-23-11-4-12-24-55/h1-49H. The van der Waals surface area contributed by atoms with Gasteiger partial charge in [-0.2, -0.15) is 5.26 Å². The van der Waals surface area contributed by atoms with Gasteiger partial charge in [-0.05, 0) is 103 Å². The minimum atomic E-state index is -0.757. The molecule has 0 aliphatic heterocycles. The molecule has 6 heterocycles. The summed E-state index contributed by atoms with van der Waals surface area (Å²) in [5, 5.41) is 15.2. The van der Waals surface area contributed by atoms with Crippen LogP contribution in [0.5, 0.6) is 0 Å². The van der Waals surface area contributed by atoms with E-state index in [0.717, 1.165) is 140 Å². The molecule has 9 heteroatoms. The molecule has 90 heavy (non-hydrogen) atoms. The molecule has 6 aromatic heterocycles. The van der Waals surface area contributed by atoms with Gasteiger partial charge in [0.1, 0.15) is 11.6 Å². The van der Waals surface area contributed by atoms with E-state index in [0.29, 0.717) is 22.5 Å². The first-order valence-electron chi connectivity index (χ1n) is 29.7. The average Bonchev–Trinajstić information content (AvgIpc) is 1.54. The Labute approximate surface area is 517 Å². The van der Waals surface area contributed by atoms with Crippen molar-refractivity contribution < 1.29 is 8.78 Å². The highest BCUT2D eigenvalue weighted by Crippen LogP contribution is 2.46. The maximum Gasteiger partial charge on any atom is 0.126 e. The molecular formula is C81H49F2N7. The van der Waals surface area contributed by atoms with E-state index < -0.39 is 11.6 Å². The van der Waals surface area contributed by atoms with Gasteiger partial charge in [0.2, 0.25) is 0 Å². The summed E-state index contributed by atoms with van der Waals surface area (Å²) in [4.78, 5) is 20.9. The third-order valence-electron chi connectivity index (χ3n) is 16.9. The summed E-state index contributed by atoms with van der Waals surface area (Å²) in [6.07, 6.45) is 0. The molecule has 0 amide bonds. The van der Waals surface area contributed by atoms with E-state index in [1.807, 2.05) is 206 Å². The molecule has 16 rings (SSSR count). The van der Waals surface area contributed by atoms with E-state index in [2.05, 4.69) is 88.0 Å². The van der Waals surface area contributed by atoms with Crippen LogP contribution < -0.4 is 0 Å². The van der Waals surface area contributed by atoms with Gasteiger partial charge in [0, 0.05) is 77.7 Å². The van der Waals surface area contributed by atoms with Crippen LogP contribution in [-0.2, 0) is 0 Å². The van der Waals surface area contributed by atoms with Crippen LogP contribution >= 0.6 is 0 Å². The number of nitrogens with zero attached hydrogens (tertiary/aromatic N) is 7. The predicted molar refractivity (Wildman–Crippen MR) is 360 cm³/mol. The Bertz CT molecular complexity index is 4910. The lowest BCUT2D eigenvalue weighted by atomic mass is 9.97. The number of fused-ring (bicyclic) bond motifs is 6. The molecule has 10 aromatic carbocycles. The zero-order valence-electron chi connectivity index (χ0n) is 48.2. The van der Waals surface area contributed by atoms with Crippen LogP contribution in [0, 0.1) is 23.0 Å². The number of benzene rings is 10. The fourth-order valence-electron chi connectivity index (χ4n) is 12.7. The minimum Gasteiger partial charge on any atom is -0.308 e. The molecule has 7 nitrogen and oxygen atoms in total. The van der Waals surface area contributed by atoms with Gasteiger partial charge in [-0.15, -0.1) is 0 Å². The van der Waals surface area contributed by atoms with Crippen molar-refractivity contribution in [3.8, 4) is 119 Å². The van der Waals surface area contributed by atoms with Crippen LogP contribution in [0.15, 0.2) is 297 Å². The molecule has 0 radical (unpaired) electrons. The Morgan fingerprint density at radius 2 is 0.522 bits per heavy atom. The molecule has 0 bridgehead atoms. The van der Waals surface area contributed by atoms with Gasteiger partial charge >= 0.3 is 0 Å². The number of halogens is 2. The summed E-state index contributed by atoms with van der Waals surface area (Å²) in [5.74, 6) is -1.51. The SMILES string of the molecule is N#Cc1cc(-n2c3cc(-c4cccc(-c5ccccc5)n4)ccc3c3ccc(-c4cccc(-c5ccccc5)n4)cc32)c(-c2cc(F)cc(F)c2)c(-n2c3cc(-c4cccc(-c5ccccc5)n4)ccc3c3ccc(-c4cccc(-c5ccccc5)n4)cc32)c1. The fraction of sp³-hybridized carbons (Fsp3) is 0. The van der Waals surface area contributed by atoms with E-state index in [-0.39, 0.29) is 5.56 Å². The van der Waals surface area contributed by atoms with Gasteiger partial charge in [-0.25, -0.2) is 28.7 Å². The Morgan fingerprint density at radius 1 is 0.256 bits per heavy atom. The van der Waals surface area contributed by atoms with E-state index in [1.54, 1.807) is 0 Å². The van der Waals surface area contributed by atoms with E-state index in [1.165, 1.54) is 12.1 Å². The molecule has 422 valence electrons. The molecule has 0 atom stereocenters. The number of hydrogen-bond donors (Lipinski definition) is 0. The number of pyridine rings is 4. The van der Waals surface area contributed by atoms with E-state index >= 15 is 8.78 Å². The van der Waals surface area contributed by atoms with Gasteiger partial charge in [0.25, 0.3) is 0 Å². The van der Waals surface area contributed by atoms with E-state index in [4.69, 9.17) is 19.9 Å². The summed E-state index contributed by atoms with van der Waals surface area (Å²) >= 11 is 0. The highest BCUT2D eigenvalue weighted by atomic mass is 19.1. The Balaban J connectivity index is 1.01. The summed E-state index contributed by atoms with van der Waals surface area (Å²) in [5.41, 5.74) is 18.8. The second kappa shape index (κ2) is 22.2. The second-order valence-electron chi connectivity index (χ2n) is 22.4. The fourth-order valence-corrected chi connectivity index (χ4v) is 12.7. The number of hydrogen-bond acceptors (Lipinski definition) is 5. The van der Waals surface area contributed by atoms with Crippen LogP contribution in [0.1, 0.15) is 5.56 Å². The van der Waals surface area contributed by atoms with Crippen LogP contribution in [0.25, 0.3) is 156 Å². The summed E-state index contributed by atoms with van der Waals surface area (Å²) in [6, 6.07) is 99.6. The van der Waals surface area contributed by atoms with Crippen molar-refractivity contribution in [2.45, 2.75) is 0 Å². The molecule has 0 saturated carbocycles. The lowest BCUT2D eigenvalue weighted by molar-refractivity contribution is 0.584. The smallest absolute Gasteiger partial charge is 0.126 e. The van der Waals surface area contributed by atoms with Crippen LogP contribution in [0.3, 0.4) is 0 Å². The zero-order valence-corrected chi connectivity index (χ0v) is 48.2. The zero-order chi connectivity index (χ0) is 60.2. The third kappa shape index (κ3) is 9.62. The highest BCUT2D eigenvalue weighted by molar-refractivity contribution is 6.14. The molecule has 0 aliphatic carbocycles. The first-order chi connectivity index (χ1) is 44.3. The van der Waals surface area contributed by atoms with Gasteiger partial charge in [-0.3, -0.25) is 0 Å². The van der Waals surface area contributed by atoms with Crippen molar-refractivity contribution in [2.75, 3.05) is 0 Å². The minimum absolute atomic E-state index is 0.260. The van der Waals surface area contributed by atoms with Crippen molar-refractivity contribution in [1.82, 2.24) is 29.1 Å². The van der Waals surface area contributed by atoms with Crippen LogP contribution in [-0.4, -0.2) is 29.1 Å². The van der Waals surface area contributed by atoms with Crippen LogP contribution in [0.2, 0.25) is 0 Å². The first-order valence-corrected chi connectivity index (χ1v) is 29.7. The van der Waals surface area contributed by atoms with Crippen molar-refractivity contribution >= 4 is 43.6 Å². The van der Waals surface area contributed by atoms with Gasteiger partial charge in [0.15, 0.2) is 0 Å². The molecule has 0 fully saturated rings. The quantitative estimate of drug-likeness (QED) is 0.129. The van der Waals surface area contributed by atoms with Crippen molar-refractivity contribution in [2.24, 2.45) is 0 Å². The van der Waals surface area contributed by atoms with Gasteiger partial charge < -0.3 is 9.13 Å². The second-order valence-corrected chi connectivity index (χ2v) is 22.4. The van der Waals surface area contributed by atoms with Gasteiger partial charge in [-0.1, -0.05) is 194 Å². The molecule has 0 saturated heterocycles. The van der Waals surface area contributed by atoms with Crippen molar-refractivity contribution in [1.29, 1.82) is 5.26 Å². The largest absolute Gasteiger partial charge is 0.308 e. The number of aromatic nitrogens is 6. The lowest BCUT2D eigenvalue weighted by Crippen LogP contribution is -2.06. The Morgan fingerprint density at radius 3 is 0.789 bits per heavy atom. The summed E-state index contributed by atoms with van der Waals surface area (Å²) in [6.45, 7) is 0. The third-order valence-corrected chi connectivity index (χ3v) is 16.9. The first kappa shape index (κ1) is 53.2. The summed E-state index contributed by atoms with van der Waals surface area (Å²) in [7, 11) is 0. The van der Waals surface area contributed by atoms with Crippen molar-refractivity contribution in [3.05, 3.63) is 314 Å². The normalized spacial score (nSPS) is 11.4. The molecule has 16 aromatic rings. The number of nitriles is 1. The molecule has 0 aliphatic rings. The Kier molecular flexibility index (Phi) is 13.2. The van der Waals surface area contributed by atoms with Gasteiger partial charge in [0.05, 0.1) is 90.6 Å². The average molecular weight is 1160 g/mol. The lowest BCUT2D eigenvalue weighted by Gasteiger charge is -2.21. The monoisotopic (exact) mass is 1160 g/mol. The van der Waals surface area contributed by atoms with E-state index in [9.17, 15) is 5.26 Å². The number of rotatable bonds is 11. The maximum atomic E-state index is 16.5. The molecule has 0 unspecified atom stereocenters. The topological polar surface area (TPSA) is 85.2 Å². The predicted octanol–water partition coefficient (Wildman–Crippen LogP) is 20.6. The van der Waals surface area contributed by atoms with Crippen LogP contribution in [0.4, 0.5) is 8.78 Å². The Hall–Kier alpha value is -12.3. The summed E-state index contributed by atoms with van der Waals surface area (Å²) < 4.78 is 37.2. The molecule has 0 N–H and O–H groups in total. The molecular weight excluding hydrogens is 1110 g/mol. The van der Waals surface area contributed by atoms with Crippen molar-refractivity contribution in [3.63, 3.8) is 0 Å². The molecule has 0 spiro atoms.